The second kappa shape index (κ2) is 5.95. The fourth-order valence-corrected chi connectivity index (χ4v) is 6.75. The molecular formula is C16H25N4OS-. The molecule has 5 fully saturated rings. The number of hydrogen-bond donors (Lipinski definition) is 1. The van der Waals surface area contributed by atoms with Crippen molar-refractivity contribution in [3.05, 3.63) is 5.21 Å². The molecule has 5 nitrogen and oxygen atoms in total. The molecule has 5 rings (SSSR count). The van der Waals surface area contributed by atoms with Crippen LogP contribution < -0.4 is 5.43 Å². The number of rotatable bonds is 5. The molecule has 1 heterocycles. The van der Waals surface area contributed by atoms with E-state index in [1.165, 1.54) is 24.4 Å². The summed E-state index contributed by atoms with van der Waals surface area (Å²) in [5.74, 6) is 4.19. The minimum absolute atomic E-state index is 0.0199. The van der Waals surface area contributed by atoms with Gasteiger partial charge in [-0.1, -0.05) is 0 Å². The predicted octanol–water partition coefficient (Wildman–Crippen LogP) is 2.16. The van der Waals surface area contributed by atoms with Gasteiger partial charge in [-0.2, -0.15) is 5.26 Å². The van der Waals surface area contributed by atoms with Gasteiger partial charge in [0.2, 0.25) is 0 Å². The summed E-state index contributed by atoms with van der Waals surface area (Å²) in [5.41, 5.74) is 3.01. The van der Waals surface area contributed by atoms with Crippen molar-refractivity contribution in [1.29, 1.82) is 5.26 Å². The lowest BCUT2D eigenvalue weighted by Gasteiger charge is -2.62. The van der Waals surface area contributed by atoms with Gasteiger partial charge in [-0.25, -0.2) is 0 Å². The third-order valence-electron chi connectivity index (χ3n) is 6.21. The summed E-state index contributed by atoms with van der Waals surface area (Å²) in [4.78, 5) is 2.17. The van der Waals surface area contributed by atoms with Crippen molar-refractivity contribution in [3.8, 4) is 6.07 Å². The Hall–Kier alpha value is -0.320. The zero-order valence-electron chi connectivity index (χ0n) is 13.0. The number of hydroxylamine groups is 1. The van der Waals surface area contributed by atoms with E-state index in [2.05, 4.69) is 16.4 Å². The minimum Gasteiger partial charge on any atom is -0.771 e. The first kappa shape index (κ1) is 15.2. The van der Waals surface area contributed by atoms with Gasteiger partial charge < -0.3 is 10.4 Å². The standard InChI is InChI=1S/C16H25N4OS/c17-9-15-10-22-11-19(15)2-1-18-20(21)16-6-12-3-13(7-16)5-14(4-12)8-16/h12-15,18H,1-8,10-11H2/q-1. The van der Waals surface area contributed by atoms with E-state index in [0.717, 1.165) is 55.2 Å². The van der Waals surface area contributed by atoms with E-state index in [4.69, 9.17) is 5.26 Å². The van der Waals surface area contributed by atoms with Crippen molar-refractivity contribution >= 4 is 11.8 Å². The van der Waals surface area contributed by atoms with Crippen LogP contribution in [0.3, 0.4) is 0 Å². The molecule has 122 valence electrons. The Morgan fingerprint density at radius 2 is 1.86 bits per heavy atom. The summed E-state index contributed by atoms with van der Waals surface area (Å²) in [7, 11) is 0. The maximum absolute atomic E-state index is 12.7. The van der Waals surface area contributed by atoms with Gasteiger partial charge >= 0.3 is 0 Å². The maximum atomic E-state index is 12.7. The number of nitriles is 1. The smallest absolute Gasteiger partial charge is 0.108 e. The highest BCUT2D eigenvalue weighted by molar-refractivity contribution is 7.99. The Morgan fingerprint density at radius 1 is 1.23 bits per heavy atom. The minimum atomic E-state index is -0.122. The molecule has 1 unspecified atom stereocenters. The average molecular weight is 321 g/mol. The summed E-state index contributed by atoms with van der Waals surface area (Å²) in [6.45, 7) is 1.44. The number of nitrogens with one attached hydrogen (secondary N) is 1. The van der Waals surface area contributed by atoms with Crippen LogP contribution in [-0.4, -0.2) is 46.4 Å². The molecule has 1 N–H and O–H groups in total. The van der Waals surface area contributed by atoms with Crippen molar-refractivity contribution in [2.75, 3.05) is 24.7 Å². The molecule has 5 aliphatic rings. The topological polar surface area (TPSA) is 65.4 Å². The third kappa shape index (κ3) is 2.67. The van der Waals surface area contributed by atoms with E-state index in [0.29, 0.717) is 6.54 Å². The van der Waals surface area contributed by atoms with Gasteiger partial charge in [0.05, 0.1) is 6.07 Å². The fraction of sp³-hybridized carbons (Fsp3) is 0.938. The highest BCUT2D eigenvalue weighted by Gasteiger charge is 2.51. The van der Waals surface area contributed by atoms with Gasteiger partial charge in [-0.3, -0.25) is 10.3 Å². The fourth-order valence-electron chi connectivity index (χ4n) is 5.59. The van der Waals surface area contributed by atoms with E-state index < -0.39 is 0 Å². The second-order valence-corrected chi connectivity index (χ2v) is 8.80. The molecular weight excluding hydrogens is 296 g/mol. The molecule has 0 amide bonds. The lowest BCUT2D eigenvalue weighted by atomic mass is 9.53. The van der Waals surface area contributed by atoms with Crippen molar-refractivity contribution in [3.63, 3.8) is 0 Å². The lowest BCUT2D eigenvalue weighted by Crippen LogP contribution is -2.62. The zero-order valence-corrected chi connectivity index (χ0v) is 13.9. The van der Waals surface area contributed by atoms with E-state index >= 15 is 0 Å². The van der Waals surface area contributed by atoms with Crippen LogP contribution in [0.25, 0.3) is 0 Å². The van der Waals surface area contributed by atoms with Gasteiger partial charge in [0, 0.05) is 30.3 Å². The number of thioether (sulfide) groups is 1. The molecule has 1 aliphatic heterocycles. The SMILES string of the molecule is N#CC1CSCN1CCNN([O-])C12CC3CC(CC(C3)C1)C2. The van der Waals surface area contributed by atoms with Crippen LogP contribution in [0.5, 0.6) is 0 Å². The van der Waals surface area contributed by atoms with E-state index in [9.17, 15) is 5.21 Å². The number of hydrogen-bond acceptors (Lipinski definition) is 6. The summed E-state index contributed by atoms with van der Waals surface area (Å²) < 4.78 is 0. The van der Waals surface area contributed by atoms with Crippen LogP contribution in [0.1, 0.15) is 38.5 Å². The molecule has 4 aliphatic carbocycles. The molecule has 0 aromatic rings. The molecule has 1 atom stereocenters. The first-order valence-electron chi connectivity index (χ1n) is 8.61. The largest absolute Gasteiger partial charge is 0.771 e. The quantitative estimate of drug-likeness (QED) is 0.783. The van der Waals surface area contributed by atoms with Crippen molar-refractivity contribution < 1.29 is 0 Å². The van der Waals surface area contributed by atoms with E-state index in [1.807, 2.05) is 0 Å². The molecule has 6 heteroatoms. The predicted molar refractivity (Wildman–Crippen MR) is 87.5 cm³/mol. The zero-order chi connectivity index (χ0) is 15.2. The second-order valence-electron chi connectivity index (χ2n) is 7.80. The van der Waals surface area contributed by atoms with Gasteiger partial charge in [0.1, 0.15) is 6.04 Å². The Kier molecular flexibility index (Phi) is 4.12. The van der Waals surface area contributed by atoms with Crippen LogP contribution >= 0.6 is 11.8 Å². The molecule has 22 heavy (non-hydrogen) atoms. The Morgan fingerprint density at radius 3 is 2.45 bits per heavy atom. The van der Waals surface area contributed by atoms with Gasteiger partial charge in [0.15, 0.2) is 0 Å². The van der Waals surface area contributed by atoms with Crippen LogP contribution in [0.2, 0.25) is 0 Å². The molecule has 0 spiro atoms. The van der Waals surface area contributed by atoms with Gasteiger partial charge in [-0.05, 0) is 56.3 Å². The number of hydrazine groups is 1. The molecule has 0 radical (unpaired) electrons. The van der Waals surface area contributed by atoms with Crippen molar-refractivity contribution in [2.45, 2.75) is 50.1 Å². The highest BCUT2D eigenvalue weighted by Crippen LogP contribution is 2.57. The van der Waals surface area contributed by atoms with Gasteiger partial charge in [0.25, 0.3) is 0 Å². The Balaban J connectivity index is 1.31. The van der Waals surface area contributed by atoms with Crippen LogP contribution in [0.15, 0.2) is 0 Å². The highest BCUT2D eigenvalue weighted by atomic mass is 32.2. The third-order valence-corrected chi connectivity index (χ3v) is 7.28. The van der Waals surface area contributed by atoms with E-state index in [1.54, 1.807) is 11.8 Å². The van der Waals surface area contributed by atoms with Crippen molar-refractivity contribution in [2.24, 2.45) is 17.8 Å². The van der Waals surface area contributed by atoms with Crippen LogP contribution in [-0.2, 0) is 0 Å². The van der Waals surface area contributed by atoms with E-state index in [-0.39, 0.29) is 11.6 Å². The molecule has 1 saturated heterocycles. The molecule has 4 saturated carbocycles. The van der Waals surface area contributed by atoms with Crippen molar-refractivity contribution in [1.82, 2.24) is 15.5 Å². The summed E-state index contributed by atoms with van der Waals surface area (Å²) in [6.07, 6.45) is 7.37. The summed E-state index contributed by atoms with van der Waals surface area (Å²) in [5, 5.41) is 23.1. The Labute approximate surface area is 136 Å². The first-order valence-corrected chi connectivity index (χ1v) is 9.76. The summed E-state index contributed by atoms with van der Waals surface area (Å²) in [6, 6.07) is 2.37. The summed E-state index contributed by atoms with van der Waals surface area (Å²) >= 11 is 1.80. The van der Waals surface area contributed by atoms with Gasteiger partial charge in [-0.15, -0.1) is 11.8 Å². The Bertz CT molecular complexity index is 430. The monoisotopic (exact) mass is 321 g/mol. The normalized spacial score (nSPS) is 43.9. The molecule has 0 aromatic carbocycles. The van der Waals surface area contributed by atoms with Crippen LogP contribution in [0.4, 0.5) is 0 Å². The first-order chi connectivity index (χ1) is 10.7. The van der Waals surface area contributed by atoms with Crippen LogP contribution in [0, 0.1) is 34.3 Å². The lowest BCUT2D eigenvalue weighted by molar-refractivity contribution is -0.0884. The average Bonchev–Trinajstić information content (AvgIpc) is 2.93. The number of nitrogens with zero attached hydrogens (tertiary/aromatic N) is 3. The maximum Gasteiger partial charge on any atom is 0.108 e. The molecule has 0 aromatic heterocycles. The molecule has 4 bridgehead atoms.